The van der Waals surface area contributed by atoms with Crippen molar-refractivity contribution in [1.82, 2.24) is 10.2 Å². The molecule has 6 heteroatoms. The molecule has 1 heterocycles. The van der Waals surface area contributed by atoms with Crippen LogP contribution in [-0.4, -0.2) is 44.1 Å². The van der Waals surface area contributed by atoms with Gasteiger partial charge in [0, 0.05) is 18.5 Å². The fraction of sp³-hybridized carbons (Fsp3) is 0.611. The molecule has 0 spiro atoms. The summed E-state index contributed by atoms with van der Waals surface area (Å²) in [6.07, 6.45) is 3.06. The van der Waals surface area contributed by atoms with Crippen LogP contribution in [0.3, 0.4) is 0 Å². The summed E-state index contributed by atoms with van der Waals surface area (Å²) >= 11 is 5.84. The Morgan fingerprint density at radius 2 is 2.12 bits per heavy atom. The van der Waals surface area contributed by atoms with Crippen LogP contribution in [0, 0.1) is 11.8 Å². The monoisotopic (exact) mass is 374 g/mol. The number of ether oxygens (including phenoxy) is 1. The highest BCUT2D eigenvalue weighted by molar-refractivity contribution is 6.30. The molecule has 1 aliphatic rings. The van der Waals surface area contributed by atoms with Crippen LogP contribution in [0.25, 0.3) is 0 Å². The zero-order valence-corrected chi connectivity index (χ0v) is 16.0. The third kappa shape index (κ3) is 6.88. The predicted molar refractivity (Wildman–Crippen MR) is 101 cm³/mol. The quantitative estimate of drug-likeness (QED) is 0.792. The van der Waals surface area contributed by atoms with Crippen molar-refractivity contribution in [2.75, 3.05) is 33.3 Å². The summed E-state index contributed by atoms with van der Waals surface area (Å²) in [5.41, 5.74) is 0. The molecule has 2 atom stereocenters. The first-order valence-electron chi connectivity index (χ1n) is 8.39. The Labute approximate surface area is 156 Å². The summed E-state index contributed by atoms with van der Waals surface area (Å²) in [5.74, 6) is 2.01. The summed E-state index contributed by atoms with van der Waals surface area (Å²) in [5, 5.41) is 4.11. The average Bonchev–Trinajstić information content (AvgIpc) is 2.57. The van der Waals surface area contributed by atoms with Gasteiger partial charge >= 0.3 is 0 Å². The van der Waals surface area contributed by atoms with Crippen molar-refractivity contribution in [1.29, 1.82) is 0 Å². The molecule has 0 saturated carbocycles. The first-order valence-corrected chi connectivity index (χ1v) is 8.77. The van der Waals surface area contributed by atoms with Crippen molar-refractivity contribution in [3.05, 3.63) is 29.3 Å². The van der Waals surface area contributed by atoms with E-state index in [9.17, 15) is 4.79 Å². The average molecular weight is 375 g/mol. The van der Waals surface area contributed by atoms with E-state index in [1.54, 1.807) is 17.0 Å². The van der Waals surface area contributed by atoms with Crippen LogP contribution in [0.4, 0.5) is 0 Å². The van der Waals surface area contributed by atoms with Crippen LogP contribution in [0.2, 0.25) is 5.02 Å². The second kappa shape index (κ2) is 10.8. The second-order valence-electron chi connectivity index (χ2n) is 6.41. The number of rotatable bonds is 7. The van der Waals surface area contributed by atoms with Gasteiger partial charge in [-0.3, -0.25) is 4.79 Å². The van der Waals surface area contributed by atoms with Crippen molar-refractivity contribution < 1.29 is 9.53 Å². The maximum Gasteiger partial charge on any atom is 0.222 e. The normalized spacial score (nSPS) is 18.4. The first-order chi connectivity index (χ1) is 11.1. The van der Waals surface area contributed by atoms with Crippen molar-refractivity contribution in [2.24, 2.45) is 11.8 Å². The van der Waals surface area contributed by atoms with E-state index in [-0.39, 0.29) is 18.3 Å². The molecule has 2 rings (SSSR count). The molecule has 1 amide bonds. The van der Waals surface area contributed by atoms with Gasteiger partial charge < -0.3 is 15.0 Å². The van der Waals surface area contributed by atoms with E-state index in [0.717, 1.165) is 18.8 Å². The third-order valence-corrected chi connectivity index (χ3v) is 4.82. The second-order valence-corrected chi connectivity index (χ2v) is 6.84. The van der Waals surface area contributed by atoms with Gasteiger partial charge in [0.1, 0.15) is 12.4 Å². The summed E-state index contributed by atoms with van der Waals surface area (Å²) in [7, 11) is 1.85. The number of piperidine rings is 1. The number of benzene rings is 1. The first kappa shape index (κ1) is 21.1. The molecule has 1 N–H and O–H groups in total. The lowest BCUT2D eigenvalue weighted by Gasteiger charge is -2.29. The lowest BCUT2D eigenvalue weighted by Crippen LogP contribution is -2.37. The van der Waals surface area contributed by atoms with Gasteiger partial charge in [0.05, 0.1) is 6.54 Å². The molecule has 4 nitrogen and oxygen atoms in total. The zero-order chi connectivity index (χ0) is 16.7. The smallest absolute Gasteiger partial charge is 0.222 e. The van der Waals surface area contributed by atoms with Gasteiger partial charge in [-0.1, -0.05) is 18.5 Å². The molecule has 1 saturated heterocycles. The molecule has 1 aliphatic heterocycles. The van der Waals surface area contributed by atoms with Gasteiger partial charge in [0.25, 0.3) is 0 Å². The topological polar surface area (TPSA) is 41.6 Å². The SMILES string of the molecule is CC(CC(=O)N(C)CCOc1ccc(Cl)cc1)C1CCCNC1.Cl. The highest BCUT2D eigenvalue weighted by Crippen LogP contribution is 2.23. The summed E-state index contributed by atoms with van der Waals surface area (Å²) in [6, 6.07) is 7.27. The minimum atomic E-state index is 0. The largest absolute Gasteiger partial charge is 0.492 e. The Kier molecular flexibility index (Phi) is 9.49. The molecule has 1 aromatic rings. The minimum absolute atomic E-state index is 0. The summed E-state index contributed by atoms with van der Waals surface area (Å²) < 4.78 is 5.64. The molecule has 0 bridgehead atoms. The molecular weight excluding hydrogens is 347 g/mol. The maximum absolute atomic E-state index is 12.3. The van der Waals surface area contributed by atoms with Crippen LogP contribution in [0.15, 0.2) is 24.3 Å². The molecule has 136 valence electrons. The van der Waals surface area contributed by atoms with E-state index < -0.39 is 0 Å². The van der Waals surface area contributed by atoms with Crippen LogP contribution >= 0.6 is 24.0 Å². The molecule has 1 aromatic carbocycles. The van der Waals surface area contributed by atoms with E-state index in [1.807, 2.05) is 19.2 Å². The highest BCUT2D eigenvalue weighted by Gasteiger charge is 2.23. The fourth-order valence-corrected chi connectivity index (χ4v) is 3.04. The molecule has 0 radical (unpaired) electrons. The number of hydrogen-bond donors (Lipinski definition) is 1. The van der Waals surface area contributed by atoms with Crippen LogP contribution in [0.1, 0.15) is 26.2 Å². The Morgan fingerprint density at radius 3 is 2.75 bits per heavy atom. The van der Waals surface area contributed by atoms with E-state index in [4.69, 9.17) is 16.3 Å². The van der Waals surface area contributed by atoms with Crippen molar-refractivity contribution in [2.45, 2.75) is 26.2 Å². The summed E-state index contributed by atoms with van der Waals surface area (Å²) in [4.78, 5) is 14.1. The van der Waals surface area contributed by atoms with Gasteiger partial charge in [-0.25, -0.2) is 0 Å². The fourth-order valence-electron chi connectivity index (χ4n) is 2.92. The number of halogens is 2. The molecule has 24 heavy (non-hydrogen) atoms. The van der Waals surface area contributed by atoms with E-state index in [0.29, 0.717) is 36.4 Å². The number of carbonyl (C=O) groups is 1. The number of likely N-dealkylation sites (N-methyl/N-ethyl adjacent to an activating group) is 1. The van der Waals surface area contributed by atoms with Gasteiger partial charge in [-0.15, -0.1) is 12.4 Å². The van der Waals surface area contributed by atoms with E-state index in [2.05, 4.69) is 12.2 Å². The van der Waals surface area contributed by atoms with Gasteiger partial charge in [-0.2, -0.15) is 0 Å². The minimum Gasteiger partial charge on any atom is -0.492 e. The van der Waals surface area contributed by atoms with Crippen LogP contribution in [0.5, 0.6) is 5.75 Å². The van der Waals surface area contributed by atoms with Crippen LogP contribution < -0.4 is 10.1 Å². The van der Waals surface area contributed by atoms with Crippen molar-refractivity contribution >= 4 is 29.9 Å². The number of amides is 1. The Bertz CT molecular complexity index is 490. The van der Waals surface area contributed by atoms with Gasteiger partial charge in [0.2, 0.25) is 5.91 Å². The molecule has 1 fully saturated rings. The van der Waals surface area contributed by atoms with E-state index >= 15 is 0 Å². The Morgan fingerprint density at radius 1 is 1.42 bits per heavy atom. The third-order valence-electron chi connectivity index (χ3n) is 4.57. The number of carbonyl (C=O) groups excluding carboxylic acids is 1. The summed E-state index contributed by atoms with van der Waals surface area (Å²) in [6.45, 7) is 5.42. The standard InChI is InChI=1S/C18H27ClN2O2.ClH/c1-14(15-4-3-9-20-13-15)12-18(22)21(2)10-11-23-17-7-5-16(19)6-8-17;/h5-8,14-15,20H,3-4,9-13H2,1-2H3;1H. The van der Waals surface area contributed by atoms with Gasteiger partial charge in [-0.05, 0) is 62.0 Å². The van der Waals surface area contributed by atoms with E-state index in [1.165, 1.54) is 12.8 Å². The molecule has 2 unspecified atom stereocenters. The highest BCUT2D eigenvalue weighted by atomic mass is 35.5. The predicted octanol–water partition coefficient (Wildman–Crippen LogP) is 3.62. The lowest BCUT2D eigenvalue weighted by atomic mass is 9.85. The zero-order valence-electron chi connectivity index (χ0n) is 14.5. The van der Waals surface area contributed by atoms with Crippen molar-refractivity contribution in [3.8, 4) is 5.75 Å². The van der Waals surface area contributed by atoms with Crippen LogP contribution in [-0.2, 0) is 4.79 Å². The number of nitrogens with one attached hydrogen (secondary N) is 1. The number of nitrogens with zero attached hydrogens (tertiary/aromatic N) is 1. The van der Waals surface area contributed by atoms with Gasteiger partial charge in [0.15, 0.2) is 0 Å². The lowest BCUT2D eigenvalue weighted by molar-refractivity contribution is -0.131. The molecule has 0 aromatic heterocycles. The Hall–Kier alpha value is -0.970. The Balaban J connectivity index is 0.00000288. The van der Waals surface area contributed by atoms with Crippen molar-refractivity contribution in [3.63, 3.8) is 0 Å². The number of hydrogen-bond acceptors (Lipinski definition) is 3. The molecule has 0 aliphatic carbocycles. The molecular formula is C18H28Cl2N2O2. The maximum atomic E-state index is 12.3.